The van der Waals surface area contributed by atoms with Gasteiger partial charge in [0.05, 0.1) is 11.3 Å². The van der Waals surface area contributed by atoms with E-state index in [0.717, 1.165) is 17.2 Å². The Bertz CT molecular complexity index is 1460. The van der Waals surface area contributed by atoms with E-state index in [4.69, 9.17) is 0 Å². The molecule has 168 valence electrons. The molecule has 1 aromatic heterocycles. The molecule has 5 nitrogen and oxygen atoms in total. The summed E-state index contributed by atoms with van der Waals surface area (Å²) in [6, 6.07) is 15.3. The zero-order valence-electron chi connectivity index (χ0n) is 18.3. The van der Waals surface area contributed by atoms with Crippen LogP contribution in [0, 0.1) is 18.6 Å². The van der Waals surface area contributed by atoms with Gasteiger partial charge < -0.3 is 15.0 Å². The number of carboxylic acid groups (broad SMARTS) is 1. The van der Waals surface area contributed by atoms with Gasteiger partial charge >= 0.3 is 5.97 Å². The average Bonchev–Trinajstić information content (AvgIpc) is 2.78. The molecule has 1 atom stereocenters. The lowest BCUT2D eigenvalue weighted by Crippen LogP contribution is -2.20. The third-order valence-corrected chi connectivity index (χ3v) is 5.76. The molecule has 0 aliphatic rings. The normalized spacial score (nSPS) is 12.0. The number of para-hydroxylation sites is 1. The molecule has 2 N–H and O–H groups in total. The Morgan fingerprint density at radius 3 is 2.48 bits per heavy atom. The fourth-order valence-corrected chi connectivity index (χ4v) is 4.11. The van der Waals surface area contributed by atoms with Gasteiger partial charge in [0.1, 0.15) is 0 Å². The van der Waals surface area contributed by atoms with E-state index in [-0.39, 0.29) is 28.4 Å². The highest BCUT2D eigenvalue weighted by Crippen LogP contribution is 2.32. The number of carboxylic acids is 1. The summed E-state index contributed by atoms with van der Waals surface area (Å²) < 4.78 is 29.8. The van der Waals surface area contributed by atoms with Crippen LogP contribution in [-0.4, -0.2) is 15.6 Å². The van der Waals surface area contributed by atoms with Gasteiger partial charge in [-0.05, 0) is 66.8 Å². The SMILES string of the molecule is Cc1cc(C(C)Nc2ccccc2C(=O)O)c2cc(-c3cccc(F)c3F)n(C)c(=O)c2c1. The van der Waals surface area contributed by atoms with E-state index in [1.807, 2.05) is 19.9 Å². The number of benzene rings is 3. The van der Waals surface area contributed by atoms with Crippen LogP contribution in [0.3, 0.4) is 0 Å². The molecule has 0 fully saturated rings. The number of halogens is 2. The minimum absolute atomic E-state index is 0.0140. The second kappa shape index (κ2) is 8.50. The minimum Gasteiger partial charge on any atom is -0.478 e. The first-order valence-electron chi connectivity index (χ1n) is 10.4. The van der Waals surface area contributed by atoms with E-state index in [2.05, 4.69) is 5.32 Å². The molecule has 1 heterocycles. The maximum absolute atomic E-state index is 14.6. The molecular formula is C26H22F2N2O3. The van der Waals surface area contributed by atoms with Crippen molar-refractivity contribution in [2.24, 2.45) is 7.05 Å². The molecule has 0 bridgehead atoms. The Morgan fingerprint density at radius 2 is 1.76 bits per heavy atom. The standard InChI is InChI=1S/C26H22F2N2O3/c1-14-11-18(15(2)29-22-10-5-4-7-16(22)26(32)33)19-13-23(30(3)25(31)20(19)12-14)17-8-6-9-21(27)24(17)28/h4-13,15,29H,1-3H3,(H,32,33). The van der Waals surface area contributed by atoms with Crippen molar-refractivity contribution in [2.45, 2.75) is 19.9 Å². The molecule has 1 unspecified atom stereocenters. The van der Waals surface area contributed by atoms with Crippen LogP contribution in [0.4, 0.5) is 14.5 Å². The number of fused-ring (bicyclic) bond motifs is 1. The monoisotopic (exact) mass is 448 g/mol. The third-order valence-electron chi connectivity index (χ3n) is 5.76. The van der Waals surface area contributed by atoms with Gasteiger partial charge in [0.2, 0.25) is 0 Å². The largest absolute Gasteiger partial charge is 0.478 e. The van der Waals surface area contributed by atoms with Crippen molar-refractivity contribution in [3.05, 3.63) is 99.3 Å². The summed E-state index contributed by atoms with van der Waals surface area (Å²) in [6.07, 6.45) is 0. The molecular weight excluding hydrogens is 426 g/mol. The molecule has 0 aliphatic heterocycles. The van der Waals surface area contributed by atoms with Gasteiger partial charge in [0.15, 0.2) is 11.6 Å². The number of pyridine rings is 1. The quantitative estimate of drug-likeness (QED) is 0.413. The predicted octanol–water partition coefficient (Wildman–Crippen LogP) is 5.66. The summed E-state index contributed by atoms with van der Waals surface area (Å²) in [5.74, 6) is -3.08. The van der Waals surface area contributed by atoms with Crippen molar-refractivity contribution in [2.75, 3.05) is 5.32 Å². The zero-order chi connectivity index (χ0) is 23.9. The fourth-order valence-electron chi connectivity index (χ4n) is 4.11. The van der Waals surface area contributed by atoms with Crippen LogP contribution in [0.5, 0.6) is 0 Å². The Morgan fingerprint density at radius 1 is 1.03 bits per heavy atom. The van der Waals surface area contributed by atoms with Crippen LogP contribution in [0.25, 0.3) is 22.0 Å². The van der Waals surface area contributed by atoms with Crippen LogP contribution in [0.15, 0.2) is 65.5 Å². The minimum atomic E-state index is -1.06. The van der Waals surface area contributed by atoms with Gasteiger partial charge in [-0.15, -0.1) is 0 Å². The Kier molecular flexibility index (Phi) is 5.72. The number of aromatic carboxylic acids is 1. The highest BCUT2D eigenvalue weighted by atomic mass is 19.2. The van der Waals surface area contributed by atoms with Gasteiger partial charge in [0, 0.05) is 29.7 Å². The van der Waals surface area contributed by atoms with Crippen LogP contribution in [0.2, 0.25) is 0 Å². The third kappa shape index (κ3) is 3.98. The Balaban J connectivity index is 1.92. The van der Waals surface area contributed by atoms with Crippen LogP contribution < -0.4 is 10.9 Å². The van der Waals surface area contributed by atoms with Gasteiger partial charge in [-0.25, -0.2) is 13.6 Å². The van der Waals surface area contributed by atoms with Gasteiger partial charge in [-0.2, -0.15) is 0 Å². The summed E-state index contributed by atoms with van der Waals surface area (Å²) in [7, 11) is 1.52. The smallest absolute Gasteiger partial charge is 0.337 e. The second-order valence-corrected chi connectivity index (χ2v) is 8.03. The van der Waals surface area contributed by atoms with Crippen molar-refractivity contribution >= 4 is 22.4 Å². The number of aromatic nitrogens is 1. The topological polar surface area (TPSA) is 71.3 Å². The molecule has 7 heteroatoms. The van der Waals surface area contributed by atoms with Gasteiger partial charge in [-0.1, -0.05) is 24.3 Å². The summed E-state index contributed by atoms with van der Waals surface area (Å²) in [6.45, 7) is 3.72. The maximum Gasteiger partial charge on any atom is 0.337 e. The van der Waals surface area contributed by atoms with Crippen molar-refractivity contribution in [1.29, 1.82) is 0 Å². The number of carbonyl (C=O) groups is 1. The van der Waals surface area contributed by atoms with Crippen LogP contribution in [-0.2, 0) is 7.05 Å². The second-order valence-electron chi connectivity index (χ2n) is 8.03. The number of hydrogen-bond donors (Lipinski definition) is 2. The zero-order valence-corrected chi connectivity index (χ0v) is 18.3. The summed E-state index contributed by atoms with van der Waals surface area (Å²) in [4.78, 5) is 24.8. The Labute approximate surface area is 188 Å². The molecule has 33 heavy (non-hydrogen) atoms. The predicted molar refractivity (Wildman–Crippen MR) is 125 cm³/mol. The number of anilines is 1. The maximum atomic E-state index is 14.6. The summed E-state index contributed by atoms with van der Waals surface area (Å²) in [5.41, 5.74) is 2.04. The molecule has 4 rings (SSSR count). The van der Waals surface area contributed by atoms with Crippen LogP contribution >= 0.6 is 0 Å². The van der Waals surface area contributed by atoms with Gasteiger partial charge in [0.25, 0.3) is 5.56 Å². The molecule has 0 amide bonds. The lowest BCUT2D eigenvalue weighted by atomic mass is 9.95. The van der Waals surface area contributed by atoms with E-state index in [1.165, 1.54) is 29.8 Å². The molecule has 0 radical (unpaired) electrons. The first kappa shape index (κ1) is 22.2. The lowest BCUT2D eigenvalue weighted by Gasteiger charge is -2.21. The summed E-state index contributed by atoms with van der Waals surface area (Å²) in [5, 5.41) is 13.7. The number of hydrogen-bond acceptors (Lipinski definition) is 3. The number of aryl methyl sites for hydroxylation is 1. The first-order valence-corrected chi connectivity index (χ1v) is 10.4. The first-order chi connectivity index (χ1) is 15.7. The van der Waals surface area contributed by atoms with E-state index in [1.54, 1.807) is 30.3 Å². The molecule has 0 saturated heterocycles. The molecule has 0 spiro atoms. The fraction of sp³-hybridized carbons (Fsp3) is 0.154. The molecule has 0 aliphatic carbocycles. The highest BCUT2D eigenvalue weighted by molar-refractivity contribution is 5.94. The van der Waals surface area contributed by atoms with E-state index >= 15 is 0 Å². The van der Waals surface area contributed by atoms with Crippen molar-refractivity contribution in [1.82, 2.24) is 4.57 Å². The van der Waals surface area contributed by atoms with Gasteiger partial charge in [-0.3, -0.25) is 4.79 Å². The number of rotatable bonds is 5. The Hall–Kier alpha value is -4.00. The molecule has 3 aromatic carbocycles. The van der Waals surface area contributed by atoms with Crippen LogP contribution in [0.1, 0.15) is 34.5 Å². The van der Waals surface area contributed by atoms with E-state index in [0.29, 0.717) is 16.5 Å². The number of nitrogens with zero attached hydrogens (tertiary/aromatic N) is 1. The lowest BCUT2D eigenvalue weighted by molar-refractivity contribution is 0.0698. The van der Waals surface area contributed by atoms with E-state index in [9.17, 15) is 23.5 Å². The summed E-state index contributed by atoms with van der Waals surface area (Å²) >= 11 is 0. The van der Waals surface area contributed by atoms with Crippen molar-refractivity contribution in [3.63, 3.8) is 0 Å². The molecule has 0 saturated carbocycles. The number of nitrogens with one attached hydrogen (secondary N) is 1. The average molecular weight is 448 g/mol. The van der Waals surface area contributed by atoms with Crippen molar-refractivity contribution in [3.8, 4) is 11.3 Å². The van der Waals surface area contributed by atoms with E-state index < -0.39 is 17.6 Å². The van der Waals surface area contributed by atoms with Crippen molar-refractivity contribution < 1.29 is 18.7 Å². The molecule has 4 aromatic rings. The highest BCUT2D eigenvalue weighted by Gasteiger charge is 2.19.